The molecule has 1 aromatic carbocycles. The maximum absolute atomic E-state index is 11.3. The fourth-order valence-corrected chi connectivity index (χ4v) is 3.01. The summed E-state index contributed by atoms with van der Waals surface area (Å²) in [4.78, 5) is -0.233. The van der Waals surface area contributed by atoms with Crippen LogP contribution in [-0.2, 0) is 9.05 Å². The van der Waals surface area contributed by atoms with Crippen molar-refractivity contribution in [2.24, 2.45) is 0 Å². The zero-order chi connectivity index (χ0) is 11.1. The summed E-state index contributed by atoms with van der Waals surface area (Å²) < 4.78 is 32.9. The molecule has 15 heavy (non-hydrogen) atoms. The van der Waals surface area contributed by atoms with E-state index in [0.29, 0.717) is 12.4 Å². The van der Waals surface area contributed by atoms with Crippen molar-refractivity contribution in [3.63, 3.8) is 0 Å². The number of fused-ring (bicyclic) bond motifs is 1. The first-order chi connectivity index (χ1) is 7.00. The van der Waals surface area contributed by atoms with E-state index >= 15 is 0 Å². The van der Waals surface area contributed by atoms with Crippen LogP contribution in [0.2, 0.25) is 5.02 Å². The second-order valence-corrected chi connectivity index (χ2v) is 5.75. The fourth-order valence-electron chi connectivity index (χ4n) is 1.29. The van der Waals surface area contributed by atoms with Gasteiger partial charge in [-0.1, -0.05) is 11.6 Å². The van der Waals surface area contributed by atoms with Crippen LogP contribution in [0, 0.1) is 0 Å². The van der Waals surface area contributed by atoms with Gasteiger partial charge in [0, 0.05) is 10.7 Å². The first-order valence-electron chi connectivity index (χ1n) is 4.03. The van der Waals surface area contributed by atoms with E-state index in [9.17, 15) is 8.42 Å². The second-order valence-electron chi connectivity index (χ2n) is 2.84. The maximum Gasteiger partial charge on any atom is 0.266 e. The zero-order valence-electron chi connectivity index (χ0n) is 7.37. The van der Waals surface area contributed by atoms with Crippen molar-refractivity contribution < 1.29 is 17.9 Å². The summed E-state index contributed by atoms with van der Waals surface area (Å²) in [5.74, 6) is 0.425. The van der Waals surface area contributed by atoms with Crippen LogP contribution in [0.3, 0.4) is 0 Å². The average Bonchev–Trinajstić information content (AvgIpc) is 2.15. The highest BCUT2D eigenvalue weighted by atomic mass is 35.7. The van der Waals surface area contributed by atoms with Gasteiger partial charge in [0.1, 0.15) is 18.1 Å². The molecule has 0 atom stereocenters. The minimum absolute atomic E-state index is 0.0225. The molecule has 2 rings (SSSR count). The third-order valence-corrected chi connectivity index (χ3v) is 3.64. The first-order valence-corrected chi connectivity index (χ1v) is 6.71. The van der Waals surface area contributed by atoms with E-state index in [1.807, 2.05) is 0 Å². The molecular formula is C8H6Cl2O4S. The molecular weight excluding hydrogens is 263 g/mol. The van der Waals surface area contributed by atoms with Crippen LogP contribution in [0.5, 0.6) is 11.5 Å². The lowest BCUT2D eigenvalue weighted by atomic mass is 10.3. The number of hydrogen-bond donors (Lipinski definition) is 0. The predicted molar refractivity (Wildman–Crippen MR) is 55.5 cm³/mol. The molecule has 0 bridgehead atoms. The monoisotopic (exact) mass is 268 g/mol. The van der Waals surface area contributed by atoms with Gasteiger partial charge in [-0.2, -0.15) is 0 Å². The summed E-state index contributed by atoms with van der Waals surface area (Å²) in [6.07, 6.45) is 0. The van der Waals surface area contributed by atoms with Crippen molar-refractivity contribution in [3.8, 4) is 11.5 Å². The van der Waals surface area contributed by atoms with E-state index in [-0.39, 0.29) is 22.3 Å². The molecule has 82 valence electrons. The quantitative estimate of drug-likeness (QED) is 0.732. The van der Waals surface area contributed by atoms with E-state index in [0.717, 1.165) is 0 Å². The Morgan fingerprint density at radius 1 is 1.20 bits per heavy atom. The minimum Gasteiger partial charge on any atom is -0.486 e. The van der Waals surface area contributed by atoms with Gasteiger partial charge in [-0.25, -0.2) is 8.42 Å². The lowest BCUT2D eigenvalue weighted by Crippen LogP contribution is -2.17. The van der Waals surface area contributed by atoms with Crippen molar-refractivity contribution in [2.75, 3.05) is 13.2 Å². The number of halogens is 2. The molecule has 7 heteroatoms. The van der Waals surface area contributed by atoms with E-state index in [1.54, 1.807) is 6.07 Å². The Labute approximate surface area is 96.1 Å². The molecule has 0 saturated carbocycles. The Hall–Kier alpha value is -0.650. The van der Waals surface area contributed by atoms with Crippen LogP contribution in [0.15, 0.2) is 17.0 Å². The highest BCUT2D eigenvalue weighted by Crippen LogP contribution is 2.42. The van der Waals surface area contributed by atoms with E-state index in [1.165, 1.54) is 6.07 Å². The van der Waals surface area contributed by atoms with Gasteiger partial charge in [0.25, 0.3) is 9.05 Å². The SMILES string of the molecule is O=S(=O)(Cl)c1c(Cl)ccc2c1OCCO2. The average molecular weight is 269 g/mol. The highest BCUT2D eigenvalue weighted by molar-refractivity contribution is 8.14. The Kier molecular flexibility index (Phi) is 2.70. The third-order valence-electron chi connectivity index (χ3n) is 1.86. The van der Waals surface area contributed by atoms with Crippen molar-refractivity contribution in [2.45, 2.75) is 4.90 Å². The summed E-state index contributed by atoms with van der Waals surface area (Å²) in [6, 6.07) is 2.95. The summed E-state index contributed by atoms with van der Waals surface area (Å²) in [5.41, 5.74) is 0. The molecule has 1 heterocycles. The lowest BCUT2D eigenvalue weighted by Gasteiger charge is -2.20. The van der Waals surface area contributed by atoms with Crippen LogP contribution in [0.1, 0.15) is 0 Å². The van der Waals surface area contributed by atoms with Crippen molar-refractivity contribution in [3.05, 3.63) is 17.2 Å². The Morgan fingerprint density at radius 3 is 2.53 bits per heavy atom. The number of benzene rings is 1. The molecule has 0 aliphatic carbocycles. The van der Waals surface area contributed by atoms with E-state index < -0.39 is 9.05 Å². The number of hydrogen-bond acceptors (Lipinski definition) is 4. The highest BCUT2D eigenvalue weighted by Gasteiger charge is 2.26. The molecule has 0 aromatic heterocycles. The van der Waals surface area contributed by atoms with Gasteiger partial charge in [0.2, 0.25) is 0 Å². The molecule has 0 N–H and O–H groups in total. The molecule has 0 fully saturated rings. The molecule has 0 radical (unpaired) electrons. The number of rotatable bonds is 1. The van der Waals surface area contributed by atoms with Crippen molar-refractivity contribution >= 4 is 31.3 Å². The third kappa shape index (κ3) is 2.00. The summed E-state index contributed by atoms with van der Waals surface area (Å²) >= 11 is 5.75. The molecule has 0 amide bonds. The maximum atomic E-state index is 11.3. The van der Waals surface area contributed by atoms with Crippen LogP contribution in [0.4, 0.5) is 0 Å². The molecule has 1 aromatic rings. The summed E-state index contributed by atoms with van der Waals surface area (Å²) in [7, 11) is 1.31. The van der Waals surface area contributed by atoms with Gasteiger partial charge in [-0.3, -0.25) is 0 Å². The summed E-state index contributed by atoms with van der Waals surface area (Å²) in [5, 5.41) is 0.0225. The molecule has 1 aliphatic rings. The van der Waals surface area contributed by atoms with Crippen LogP contribution in [0.25, 0.3) is 0 Å². The Bertz CT molecular complexity index is 498. The first kappa shape index (κ1) is 10.9. The van der Waals surface area contributed by atoms with Gasteiger partial charge >= 0.3 is 0 Å². The Balaban J connectivity index is 2.71. The van der Waals surface area contributed by atoms with E-state index in [2.05, 4.69) is 0 Å². The van der Waals surface area contributed by atoms with Crippen LogP contribution >= 0.6 is 22.3 Å². The Morgan fingerprint density at radius 2 is 1.87 bits per heavy atom. The molecule has 0 spiro atoms. The van der Waals surface area contributed by atoms with Gasteiger partial charge < -0.3 is 9.47 Å². The van der Waals surface area contributed by atoms with Crippen LogP contribution < -0.4 is 9.47 Å². The molecule has 0 unspecified atom stereocenters. The second kappa shape index (κ2) is 3.73. The van der Waals surface area contributed by atoms with Crippen molar-refractivity contribution in [1.82, 2.24) is 0 Å². The molecule has 1 aliphatic heterocycles. The van der Waals surface area contributed by atoms with Crippen molar-refractivity contribution in [1.29, 1.82) is 0 Å². The molecule has 4 nitrogen and oxygen atoms in total. The van der Waals surface area contributed by atoms with E-state index in [4.69, 9.17) is 31.8 Å². The normalized spacial score (nSPS) is 15.1. The van der Waals surface area contributed by atoms with Crippen LogP contribution in [-0.4, -0.2) is 21.6 Å². The fraction of sp³-hybridized carbons (Fsp3) is 0.250. The number of ether oxygens (including phenoxy) is 2. The lowest BCUT2D eigenvalue weighted by molar-refractivity contribution is 0.167. The summed E-state index contributed by atoms with van der Waals surface area (Å²) in [6.45, 7) is 0.642. The minimum atomic E-state index is -3.94. The molecule has 0 saturated heterocycles. The van der Waals surface area contributed by atoms with Gasteiger partial charge in [-0.05, 0) is 12.1 Å². The largest absolute Gasteiger partial charge is 0.486 e. The van der Waals surface area contributed by atoms with Gasteiger partial charge in [-0.15, -0.1) is 0 Å². The smallest absolute Gasteiger partial charge is 0.266 e. The van der Waals surface area contributed by atoms with Gasteiger partial charge in [0.15, 0.2) is 11.5 Å². The standard InChI is InChI=1S/C8H6Cl2O4S/c9-5-1-2-6-7(14-4-3-13-6)8(5)15(10,11)12/h1-2H,3-4H2. The topological polar surface area (TPSA) is 52.6 Å². The van der Waals surface area contributed by atoms with Gasteiger partial charge in [0.05, 0.1) is 5.02 Å². The zero-order valence-corrected chi connectivity index (χ0v) is 9.69. The predicted octanol–water partition coefficient (Wildman–Crippen LogP) is 2.04.